The summed E-state index contributed by atoms with van der Waals surface area (Å²) >= 11 is 1.33. The van der Waals surface area contributed by atoms with Crippen molar-refractivity contribution >= 4 is 22.8 Å². The first-order chi connectivity index (χ1) is 19.0. The second-order valence-corrected chi connectivity index (χ2v) is 10.0. The van der Waals surface area contributed by atoms with E-state index >= 15 is 4.39 Å². The van der Waals surface area contributed by atoms with Gasteiger partial charge in [0.25, 0.3) is 5.79 Å². The van der Waals surface area contributed by atoms with Crippen LogP contribution < -0.4 is 0 Å². The lowest BCUT2D eigenvalue weighted by Gasteiger charge is -2.42. The molecule has 0 amide bonds. The molecular formula is C29H32FN3O5S. The number of allylic oxidation sites excluding steroid dienone is 1. The number of rotatable bonds is 8. The van der Waals surface area contributed by atoms with E-state index in [-0.39, 0.29) is 19.0 Å². The molecular weight excluding hydrogens is 521 g/mol. The maximum absolute atomic E-state index is 16.3. The summed E-state index contributed by atoms with van der Waals surface area (Å²) < 4.78 is 39.9. The van der Waals surface area contributed by atoms with Crippen LogP contribution >= 0.6 is 11.8 Å². The molecule has 5 rings (SSSR count). The SMILES string of the molecule is CCOC1=NC(SC)=NN2C1=CCCC2[C@]1(O)O/C(=C\OCc2ccccc2)[C@@H](OCc2ccccc2)[C@H]1F. The Bertz CT molecular complexity index is 1260. The van der Waals surface area contributed by atoms with E-state index in [4.69, 9.17) is 18.9 Å². The largest absolute Gasteiger partial charge is 0.493 e. The van der Waals surface area contributed by atoms with Gasteiger partial charge in [0.15, 0.2) is 11.9 Å². The number of thioether (sulfide) groups is 1. The molecule has 0 bridgehead atoms. The maximum Gasteiger partial charge on any atom is 0.265 e. The Morgan fingerprint density at radius 1 is 1.13 bits per heavy atom. The minimum atomic E-state index is -2.26. The van der Waals surface area contributed by atoms with Gasteiger partial charge >= 0.3 is 0 Å². The fraction of sp³-hybridized carbons (Fsp3) is 0.379. The molecule has 10 heteroatoms. The summed E-state index contributed by atoms with van der Waals surface area (Å²) in [6.45, 7) is 2.66. The van der Waals surface area contributed by atoms with E-state index in [1.165, 1.54) is 18.0 Å². The molecule has 2 aromatic carbocycles. The van der Waals surface area contributed by atoms with Gasteiger partial charge in [-0.05, 0) is 37.1 Å². The van der Waals surface area contributed by atoms with Crippen LogP contribution in [-0.4, -0.2) is 58.1 Å². The third kappa shape index (κ3) is 5.83. The van der Waals surface area contributed by atoms with E-state index in [0.29, 0.717) is 36.2 Å². The first kappa shape index (κ1) is 27.2. The molecule has 3 aliphatic rings. The fourth-order valence-electron chi connectivity index (χ4n) is 4.77. The Balaban J connectivity index is 1.42. The van der Waals surface area contributed by atoms with Crippen LogP contribution in [0.15, 0.2) is 94.6 Å². The molecule has 4 atom stereocenters. The first-order valence-electron chi connectivity index (χ1n) is 12.9. The molecule has 2 aromatic rings. The fourth-order valence-corrected chi connectivity index (χ4v) is 5.11. The van der Waals surface area contributed by atoms with Crippen LogP contribution in [0.1, 0.15) is 30.9 Å². The van der Waals surface area contributed by atoms with E-state index in [1.807, 2.05) is 79.9 Å². The van der Waals surface area contributed by atoms with Crippen molar-refractivity contribution in [1.82, 2.24) is 5.01 Å². The van der Waals surface area contributed by atoms with Crippen molar-refractivity contribution in [3.8, 4) is 0 Å². The Morgan fingerprint density at radius 3 is 2.49 bits per heavy atom. The lowest BCUT2D eigenvalue weighted by molar-refractivity contribution is -0.228. The van der Waals surface area contributed by atoms with Gasteiger partial charge in [0.05, 0.1) is 13.2 Å². The third-order valence-corrected chi connectivity index (χ3v) is 7.20. The van der Waals surface area contributed by atoms with E-state index in [2.05, 4.69) is 10.1 Å². The summed E-state index contributed by atoms with van der Waals surface area (Å²) in [5.74, 6) is -1.79. The van der Waals surface area contributed by atoms with Crippen LogP contribution in [0.2, 0.25) is 0 Å². The molecule has 206 valence electrons. The zero-order chi connectivity index (χ0) is 27.2. The Morgan fingerprint density at radius 2 is 1.82 bits per heavy atom. The van der Waals surface area contributed by atoms with Gasteiger partial charge in [-0.25, -0.2) is 9.40 Å². The molecule has 1 fully saturated rings. The van der Waals surface area contributed by atoms with Crippen LogP contribution in [-0.2, 0) is 32.2 Å². The minimum absolute atomic E-state index is 0.0812. The van der Waals surface area contributed by atoms with Crippen molar-refractivity contribution < 1.29 is 28.4 Å². The average Bonchev–Trinajstić information content (AvgIpc) is 3.22. The summed E-state index contributed by atoms with van der Waals surface area (Å²) in [6, 6.07) is 18.2. The molecule has 1 saturated heterocycles. The molecule has 3 aliphatic heterocycles. The molecule has 39 heavy (non-hydrogen) atoms. The number of amidine groups is 1. The zero-order valence-electron chi connectivity index (χ0n) is 21.9. The molecule has 1 unspecified atom stereocenters. The Kier molecular flexibility index (Phi) is 8.54. The number of hydrazone groups is 1. The zero-order valence-corrected chi connectivity index (χ0v) is 22.7. The molecule has 0 aliphatic carbocycles. The molecule has 8 nitrogen and oxygen atoms in total. The van der Waals surface area contributed by atoms with Crippen molar-refractivity contribution in [1.29, 1.82) is 0 Å². The number of fused-ring (bicyclic) bond motifs is 1. The average molecular weight is 554 g/mol. The highest BCUT2D eigenvalue weighted by Gasteiger charge is 2.61. The van der Waals surface area contributed by atoms with Gasteiger partial charge in [0, 0.05) is 0 Å². The number of aliphatic hydroxyl groups is 1. The summed E-state index contributed by atoms with van der Waals surface area (Å²) in [4.78, 5) is 4.46. The smallest absolute Gasteiger partial charge is 0.265 e. The predicted molar refractivity (Wildman–Crippen MR) is 148 cm³/mol. The second kappa shape index (κ2) is 12.2. The lowest BCUT2D eigenvalue weighted by atomic mass is 9.92. The highest BCUT2D eigenvalue weighted by atomic mass is 32.2. The first-order valence-corrected chi connectivity index (χ1v) is 14.2. The van der Waals surface area contributed by atoms with Crippen LogP contribution in [0.3, 0.4) is 0 Å². The lowest BCUT2D eigenvalue weighted by Crippen LogP contribution is -2.58. The van der Waals surface area contributed by atoms with Gasteiger partial charge in [-0.1, -0.05) is 78.5 Å². The van der Waals surface area contributed by atoms with Gasteiger partial charge in [-0.3, -0.25) is 0 Å². The number of halogens is 1. The molecule has 0 saturated carbocycles. The van der Waals surface area contributed by atoms with E-state index in [9.17, 15) is 5.11 Å². The van der Waals surface area contributed by atoms with Crippen LogP contribution in [0.25, 0.3) is 0 Å². The topological polar surface area (TPSA) is 85.1 Å². The molecule has 3 heterocycles. The Labute approximate surface area is 231 Å². The van der Waals surface area contributed by atoms with Crippen molar-refractivity contribution in [3.63, 3.8) is 0 Å². The van der Waals surface area contributed by atoms with Crippen LogP contribution in [0, 0.1) is 0 Å². The molecule has 0 radical (unpaired) electrons. The quantitative estimate of drug-likeness (QED) is 0.455. The van der Waals surface area contributed by atoms with Gasteiger partial charge in [-0.15, -0.1) is 5.10 Å². The molecule has 0 spiro atoms. The normalized spacial score (nSPS) is 27.3. The van der Waals surface area contributed by atoms with Gasteiger partial charge in [0.2, 0.25) is 17.2 Å². The number of benzene rings is 2. The number of hydrogen-bond acceptors (Lipinski definition) is 9. The number of aliphatic imine (C=N–C) groups is 1. The number of hydrogen-bond donors (Lipinski definition) is 1. The Hall–Kier alpha value is -3.34. The summed E-state index contributed by atoms with van der Waals surface area (Å²) in [6.07, 6.45) is 2.97. The molecule has 0 aromatic heterocycles. The monoisotopic (exact) mass is 553 g/mol. The number of nitrogens with zero attached hydrogens (tertiary/aromatic N) is 3. The van der Waals surface area contributed by atoms with E-state index in [0.717, 1.165) is 11.1 Å². The van der Waals surface area contributed by atoms with Crippen molar-refractivity contribution in [3.05, 3.63) is 95.6 Å². The highest BCUT2D eigenvalue weighted by Crippen LogP contribution is 2.44. The third-order valence-electron chi connectivity index (χ3n) is 6.66. The molecule has 1 N–H and O–H groups in total. The van der Waals surface area contributed by atoms with E-state index in [1.54, 1.807) is 5.01 Å². The minimum Gasteiger partial charge on any atom is -0.493 e. The number of alkyl halides is 1. The summed E-state index contributed by atoms with van der Waals surface area (Å²) in [5, 5.41) is 18.5. The highest BCUT2D eigenvalue weighted by molar-refractivity contribution is 8.13. The summed E-state index contributed by atoms with van der Waals surface area (Å²) in [5.41, 5.74) is 2.39. The van der Waals surface area contributed by atoms with Crippen molar-refractivity contribution in [2.45, 2.75) is 57.1 Å². The number of ether oxygens (including phenoxy) is 4. The second-order valence-electron chi connectivity index (χ2n) is 9.25. The van der Waals surface area contributed by atoms with E-state index < -0.39 is 24.1 Å². The van der Waals surface area contributed by atoms with Gasteiger partial charge < -0.3 is 24.1 Å². The van der Waals surface area contributed by atoms with Gasteiger partial charge in [0.1, 0.15) is 24.6 Å². The maximum atomic E-state index is 16.3. The predicted octanol–water partition coefficient (Wildman–Crippen LogP) is 5.12. The van der Waals surface area contributed by atoms with Crippen LogP contribution in [0.5, 0.6) is 0 Å². The van der Waals surface area contributed by atoms with Gasteiger partial charge in [-0.2, -0.15) is 4.99 Å². The van der Waals surface area contributed by atoms with Crippen molar-refractivity contribution in [2.75, 3.05) is 12.9 Å². The van der Waals surface area contributed by atoms with Crippen LogP contribution in [0.4, 0.5) is 4.39 Å². The summed E-state index contributed by atoms with van der Waals surface area (Å²) in [7, 11) is 0. The standard InChI is InChI=1S/C29H32FN3O5S/c1-3-36-27-22-15-10-16-24(33(22)32-28(31-27)39-2)29(34)26(30)25(37-18-21-13-8-5-9-14-21)23(38-29)19-35-17-20-11-6-4-7-12-20/h4-9,11-15,19,24-26,34H,3,10,16-18H2,1-2H3/b23-19-/t24?,25-,26-,29+/m1/s1. The van der Waals surface area contributed by atoms with Crippen molar-refractivity contribution in [2.24, 2.45) is 10.1 Å².